The van der Waals surface area contributed by atoms with Crippen LogP contribution in [0.25, 0.3) is 0 Å². The summed E-state index contributed by atoms with van der Waals surface area (Å²) in [5.74, 6) is 0.803. The third-order valence-corrected chi connectivity index (χ3v) is 4.43. The van der Waals surface area contributed by atoms with Gasteiger partial charge in [-0.3, -0.25) is 9.48 Å². The van der Waals surface area contributed by atoms with Crippen molar-refractivity contribution in [3.63, 3.8) is 0 Å². The minimum absolute atomic E-state index is 0.0617. The Bertz CT molecular complexity index is 704. The zero-order chi connectivity index (χ0) is 17.7. The Morgan fingerprint density at radius 2 is 2.32 bits per heavy atom. The van der Waals surface area contributed by atoms with E-state index < -0.39 is 5.60 Å². The number of carbonyl (C=O) groups excluding carboxylic acids is 1. The predicted octanol–water partition coefficient (Wildman–Crippen LogP) is 1.41. The van der Waals surface area contributed by atoms with Gasteiger partial charge in [0.2, 0.25) is 5.91 Å². The Morgan fingerprint density at radius 1 is 1.44 bits per heavy atom. The molecule has 0 unspecified atom stereocenters. The van der Waals surface area contributed by atoms with Crippen molar-refractivity contribution < 1.29 is 14.6 Å². The third kappa shape index (κ3) is 4.79. The highest BCUT2D eigenvalue weighted by Gasteiger charge is 2.38. The number of ether oxygens (including phenoxy) is 1. The molecule has 1 aliphatic rings. The molecule has 1 fully saturated rings. The summed E-state index contributed by atoms with van der Waals surface area (Å²) in [6.07, 6.45) is 4.80. The van der Waals surface area contributed by atoms with Crippen LogP contribution in [0.1, 0.15) is 24.8 Å². The van der Waals surface area contributed by atoms with E-state index in [9.17, 15) is 9.90 Å². The van der Waals surface area contributed by atoms with Crippen LogP contribution >= 0.6 is 0 Å². The van der Waals surface area contributed by atoms with Crippen molar-refractivity contribution in [1.82, 2.24) is 19.7 Å². The van der Waals surface area contributed by atoms with E-state index in [2.05, 4.69) is 10.1 Å². The zero-order valence-corrected chi connectivity index (χ0v) is 14.5. The van der Waals surface area contributed by atoms with Gasteiger partial charge in [-0.25, -0.2) is 4.98 Å². The Balaban J connectivity index is 1.44. The number of nitrogens with zero attached hydrogens (tertiary/aromatic N) is 4. The van der Waals surface area contributed by atoms with Gasteiger partial charge < -0.3 is 14.7 Å². The van der Waals surface area contributed by atoms with Crippen LogP contribution in [-0.2, 0) is 11.3 Å². The molecule has 0 bridgehead atoms. The van der Waals surface area contributed by atoms with E-state index in [1.54, 1.807) is 15.9 Å². The summed E-state index contributed by atoms with van der Waals surface area (Å²) in [6.45, 7) is 3.74. The van der Waals surface area contributed by atoms with E-state index >= 15 is 0 Å². The molecule has 3 rings (SSSR count). The van der Waals surface area contributed by atoms with E-state index in [0.717, 1.165) is 11.3 Å². The van der Waals surface area contributed by atoms with Gasteiger partial charge >= 0.3 is 0 Å². The van der Waals surface area contributed by atoms with Crippen molar-refractivity contribution in [3.05, 3.63) is 42.5 Å². The van der Waals surface area contributed by atoms with Gasteiger partial charge in [0.05, 0.1) is 6.54 Å². The first-order chi connectivity index (χ1) is 12.0. The van der Waals surface area contributed by atoms with Crippen LogP contribution in [0.2, 0.25) is 0 Å². The minimum Gasteiger partial charge on any atom is -0.491 e. The van der Waals surface area contributed by atoms with Crippen LogP contribution in [0.4, 0.5) is 0 Å². The largest absolute Gasteiger partial charge is 0.491 e. The second-order valence-corrected chi connectivity index (χ2v) is 6.66. The van der Waals surface area contributed by atoms with Crippen molar-refractivity contribution in [2.45, 2.75) is 38.3 Å². The number of β-amino-alcohol motifs (C(OH)–C–C–N with tert-alkyl or cyclic N) is 1. The van der Waals surface area contributed by atoms with Crippen molar-refractivity contribution in [2.24, 2.45) is 0 Å². The maximum atomic E-state index is 12.3. The van der Waals surface area contributed by atoms with Crippen molar-refractivity contribution in [3.8, 4) is 5.75 Å². The predicted molar refractivity (Wildman–Crippen MR) is 92.1 cm³/mol. The lowest BCUT2D eigenvalue weighted by molar-refractivity contribution is -0.131. The zero-order valence-electron chi connectivity index (χ0n) is 14.5. The average Bonchev–Trinajstić information content (AvgIpc) is 3.23. The molecule has 25 heavy (non-hydrogen) atoms. The van der Waals surface area contributed by atoms with Crippen molar-refractivity contribution >= 4 is 5.91 Å². The second kappa shape index (κ2) is 7.65. The number of benzene rings is 1. The number of hydrogen-bond acceptors (Lipinski definition) is 5. The fourth-order valence-corrected chi connectivity index (χ4v) is 3.01. The lowest BCUT2D eigenvalue weighted by atomic mass is 10.1. The van der Waals surface area contributed by atoms with Gasteiger partial charge in [0.25, 0.3) is 0 Å². The molecule has 0 saturated carbocycles. The van der Waals surface area contributed by atoms with Gasteiger partial charge in [0, 0.05) is 19.5 Å². The highest BCUT2D eigenvalue weighted by molar-refractivity contribution is 5.76. The highest BCUT2D eigenvalue weighted by Crippen LogP contribution is 2.24. The summed E-state index contributed by atoms with van der Waals surface area (Å²) in [6, 6.07) is 7.73. The monoisotopic (exact) mass is 344 g/mol. The fraction of sp³-hybridized carbons (Fsp3) is 0.500. The molecule has 134 valence electrons. The Hall–Kier alpha value is -2.41. The smallest absolute Gasteiger partial charge is 0.222 e. The number of aryl methyl sites for hydroxylation is 2. The van der Waals surface area contributed by atoms with Gasteiger partial charge in [-0.05, 0) is 37.5 Å². The summed E-state index contributed by atoms with van der Waals surface area (Å²) >= 11 is 0. The molecule has 1 atom stereocenters. The standard InChI is InChI=1S/C18H24N4O3/c1-15-4-2-5-16(10-15)25-12-18(24)7-9-21(11-18)17(23)6-3-8-22-14-19-13-20-22/h2,4-5,10,13-14,24H,3,6-9,11-12H2,1H3/t18-/m0/s1. The number of amides is 1. The molecule has 2 heterocycles. The molecule has 2 aromatic rings. The Morgan fingerprint density at radius 3 is 3.08 bits per heavy atom. The normalized spacial score (nSPS) is 20.0. The number of carbonyl (C=O) groups is 1. The molecule has 0 radical (unpaired) electrons. The number of hydrogen-bond donors (Lipinski definition) is 1. The third-order valence-electron chi connectivity index (χ3n) is 4.43. The molecular weight excluding hydrogens is 320 g/mol. The molecule has 7 heteroatoms. The minimum atomic E-state index is -0.981. The first kappa shape index (κ1) is 17.4. The maximum Gasteiger partial charge on any atom is 0.222 e. The fourth-order valence-electron chi connectivity index (χ4n) is 3.01. The molecular formula is C18H24N4O3. The van der Waals surface area contributed by atoms with E-state index in [1.165, 1.54) is 6.33 Å². The van der Waals surface area contributed by atoms with Crippen LogP contribution < -0.4 is 4.74 Å². The van der Waals surface area contributed by atoms with Gasteiger partial charge in [0.1, 0.15) is 30.6 Å². The molecule has 1 aromatic heterocycles. The van der Waals surface area contributed by atoms with Crippen LogP contribution in [0, 0.1) is 6.92 Å². The molecule has 1 N–H and O–H groups in total. The maximum absolute atomic E-state index is 12.3. The van der Waals surface area contributed by atoms with Crippen LogP contribution in [0.5, 0.6) is 5.75 Å². The Labute approximate surface area is 147 Å². The quantitative estimate of drug-likeness (QED) is 0.821. The summed E-state index contributed by atoms with van der Waals surface area (Å²) < 4.78 is 7.44. The van der Waals surface area contributed by atoms with Crippen LogP contribution in [0.3, 0.4) is 0 Å². The Kier molecular flexibility index (Phi) is 5.33. The lowest BCUT2D eigenvalue weighted by Gasteiger charge is -2.23. The van der Waals surface area contributed by atoms with Gasteiger partial charge in [-0.15, -0.1) is 0 Å². The molecule has 1 saturated heterocycles. The van der Waals surface area contributed by atoms with Crippen molar-refractivity contribution in [2.75, 3.05) is 19.7 Å². The summed E-state index contributed by atoms with van der Waals surface area (Å²) in [5.41, 5.74) is 0.130. The molecule has 0 spiro atoms. The number of likely N-dealkylation sites (tertiary alicyclic amines) is 1. The van der Waals surface area contributed by atoms with Gasteiger partial charge in [-0.2, -0.15) is 5.10 Å². The molecule has 1 amide bonds. The van der Waals surface area contributed by atoms with Crippen LogP contribution in [-0.4, -0.2) is 56.0 Å². The highest BCUT2D eigenvalue weighted by atomic mass is 16.5. The van der Waals surface area contributed by atoms with E-state index in [0.29, 0.717) is 38.9 Å². The topological polar surface area (TPSA) is 80.5 Å². The second-order valence-electron chi connectivity index (χ2n) is 6.66. The SMILES string of the molecule is Cc1cccc(OC[C@]2(O)CCN(C(=O)CCCn3cncn3)C2)c1. The van der Waals surface area contributed by atoms with E-state index in [-0.39, 0.29) is 12.5 Å². The number of aliphatic hydroxyl groups is 1. The number of aromatic nitrogens is 3. The van der Waals surface area contributed by atoms with E-state index in [1.807, 2.05) is 31.2 Å². The first-order valence-electron chi connectivity index (χ1n) is 8.56. The average molecular weight is 344 g/mol. The summed E-state index contributed by atoms with van der Waals surface area (Å²) in [4.78, 5) is 17.9. The molecule has 1 aliphatic heterocycles. The van der Waals surface area contributed by atoms with Crippen LogP contribution in [0.15, 0.2) is 36.9 Å². The summed E-state index contributed by atoms with van der Waals surface area (Å²) in [7, 11) is 0. The molecule has 1 aromatic carbocycles. The number of rotatable bonds is 7. The molecule has 7 nitrogen and oxygen atoms in total. The van der Waals surface area contributed by atoms with E-state index in [4.69, 9.17) is 4.74 Å². The molecule has 0 aliphatic carbocycles. The van der Waals surface area contributed by atoms with Gasteiger partial charge in [-0.1, -0.05) is 12.1 Å². The van der Waals surface area contributed by atoms with Gasteiger partial charge in [0.15, 0.2) is 0 Å². The lowest BCUT2D eigenvalue weighted by Crippen LogP contribution is -2.40. The summed E-state index contributed by atoms with van der Waals surface area (Å²) in [5, 5.41) is 14.7. The van der Waals surface area contributed by atoms with Crippen molar-refractivity contribution in [1.29, 1.82) is 0 Å². The first-order valence-corrected chi connectivity index (χ1v) is 8.56.